The van der Waals surface area contributed by atoms with E-state index in [0.29, 0.717) is 17.6 Å². The van der Waals surface area contributed by atoms with E-state index in [2.05, 4.69) is 13.5 Å². The van der Waals surface area contributed by atoms with Crippen molar-refractivity contribution in [2.75, 3.05) is 7.11 Å². The van der Waals surface area contributed by atoms with Crippen LogP contribution in [-0.2, 0) is 19.1 Å². The summed E-state index contributed by atoms with van der Waals surface area (Å²) in [5.74, 6) is -0.927. The Hall–Kier alpha value is -1.84. The Morgan fingerprint density at radius 2 is 1.83 bits per heavy atom. The summed E-state index contributed by atoms with van der Waals surface area (Å²) in [5.41, 5.74) is 2.18. The molecule has 1 aliphatic rings. The molecule has 0 aromatic rings. The van der Waals surface area contributed by atoms with Crippen molar-refractivity contribution in [2.45, 2.75) is 65.4 Å². The van der Waals surface area contributed by atoms with Gasteiger partial charge in [0.25, 0.3) is 0 Å². The second-order valence-electron chi connectivity index (χ2n) is 5.59. The molecule has 0 amide bonds. The van der Waals surface area contributed by atoms with E-state index in [0.717, 1.165) is 30.4 Å². The molecule has 0 fully saturated rings. The predicted molar refractivity (Wildman–Crippen MR) is 90.9 cm³/mol. The van der Waals surface area contributed by atoms with Gasteiger partial charge in [-0.25, -0.2) is 9.59 Å². The topological polar surface area (TPSA) is 52.6 Å². The molecule has 0 saturated carbocycles. The molecule has 4 nitrogen and oxygen atoms in total. The van der Waals surface area contributed by atoms with Crippen LogP contribution in [0.5, 0.6) is 0 Å². The number of rotatable bonds is 7. The molecule has 23 heavy (non-hydrogen) atoms. The summed E-state index contributed by atoms with van der Waals surface area (Å²) in [6.45, 7) is 11.8. The van der Waals surface area contributed by atoms with Crippen LogP contribution < -0.4 is 0 Å². The summed E-state index contributed by atoms with van der Waals surface area (Å²) >= 11 is 0. The maximum absolute atomic E-state index is 12.7. The van der Waals surface area contributed by atoms with Crippen LogP contribution in [0, 0.1) is 0 Å². The van der Waals surface area contributed by atoms with E-state index >= 15 is 0 Å². The van der Waals surface area contributed by atoms with Gasteiger partial charge in [-0.2, -0.15) is 0 Å². The van der Waals surface area contributed by atoms with Crippen molar-refractivity contribution in [3.8, 4) is 0 Å². The summed E-state index contributed by atoms with van der Waals surface area (Å²) in [5, 5.41) is 0. The molecular weight excluding hydrogens is 292 g/mol. The first-order valence-electron chi connectivity index (χ1n) is 8.34. The van der Waals surface area contributed by atoms with E-state index in [1.165, 1.54) is 7.11 Å². The zero-order valence-electron chi connectivity index (χ0n) is 15.0. The molecule has 0 saturated heterocycles. The standard InChI is InChI=1S/C19H28O4/c1-7-12-14(17(20)22-6)16-13(8-2)15(9-3)19(10-4,11-5)23-18(16)21/h7H,1,8-12H2,2-6H3/b16-14+. The molecule has 1 rings (SSSR count). The molecule has 0 spiro atoms. The zero-order valence-corrected chi connectivity index (χ0v) is 15.0. The quantitative estimate of drug-likeness (QED) is 0.399. The summed E-state index contributed by atoms with van der Waals surface area (Å²) in [6, 6.07) is 0. The molecule has 1 aliphatic heterocycles. The third-order valence-electron chi connectivity index (χ3n) is 4.64. The zero-order chi connectivity index (χ0) is 17.6. The van der Waals surface area contributed by atoms with Crippen LogP contribution in [0.1, 0.15) is 59.8 Å². The lowest BCUT2D eigenvalue weighted by atomic mass is 9.77. The van der Waals surface area contributed by atoms with Crippen LogP contribution in [0.25, 0.3) is 0 Å². The number of carbonyl (C=O) groups is 2. The molecule has 0 unspecified atom stereocenters. The number of cyclic esters (lactones) is 1. The third kappa shape index (κ3) is 3.41. The molecule has 0 bridgehead atoms. The van der Waals surface area contributed by atoms with Crippen molar-refractivity contribution in [3.05, 3.63) is 34.9 Å². The van der Waals surface area contributed by atoms with Gasteiger partial charge in [-0.3, -0.25) is 0 Å². The molecule has 128 valence electrons. The smallest absolute Gasteiger partial charge is 0.339 e. The van der Waals surface area contributed by atoms with Crippen molar-refractivity contribution in [1.82, 2.24) is 0 Å². The lowest BCUT2D eigenvalue weighted by Gasteiger charge is -2.40. The minimum Gasteiger partial charge on any atom is -0.466 e. The summed E-state index contributed by atoms with van der Waals surface area (Å²) in [4.78, 5) is 24.9. The Balaban J connectivity index is 3.75. The van der Waals surface area contributed by atoms with Crippen LogP contribution in [0.2, 0.25) is 0 Å². The highest BCUT2D eigenvalue weighted by atomic mass is 16.6. The Morgan fingerprint density at radius 3 is 2.22 bits per heavy atom. The Labute approximate surface area is 139 Å². The van der Waals surface area contributed by atoms with Gasteiger partial charge in [0.15, 0.2) is 0 Å². The summed E-state index contributed by atoms with van der Waals surface area (Å²) in [6.07, 6.45) is 4.79. The van der Waals surface area contributed by atoms with Gasteiger partial charge in [0, 0.05) is 0 Å². The maximum atomic E-state index is 12.7. The van der Waals surface area contributed by atoms with Crippen molar-refractivity contribution >= 4 is 11.9 Å². The van der Waals surface area contributed by atoms with Gasteiger partial charge in [-0.05, 0) is 43.3 Å². The molecule has 0 aromatic heterocycles. The first kappa shape index (κ1) is 19.2. The van der Waals surface area contributed by atoms with Crippen molar-refractivity contribution < 1.29 is 19.1 Å². The molecular formula is C19H28O4. The lowest BCUT2D eigenvalue weighted by Crippen LogP contribution is -2.42. The Bertz CT molecular complexity index is 548. The van der Waals surface area contributed by atoms with Crippen molar-refractivity contribution in [3.63, 3.8) is 0 Å². The first-order chi connectivity index (χ1) is 11.0. The fourth-order valence-corrected chi connectivity index (χ4v) is 3.45. The Morgan fingerprint density at radius 1 is 1.22 bits per heavy atom. The number of hydrogen-bond donors (Lipinski definition) is 0. The molecule has 0 aromatic carbocycles. The molecule has 0 aliphatic carbocycles. The minimum atomic E-state index is -0.559. The summed E-state index contributed by atoms with van der Waals surface area (Å²) < 4.78 is 10.7. The van der Waals surface area contributed by atoms with E-state index in [9.17, 15) is 9.59 Å². The summed E-state index contributed by atoms with van der Waals surface area (Å²) in [7, 11) is 1.32. The van der Waals surface area contributed by atoms with Crippen LogP contribution in [0.3, 0.4) is 0 Å². The van der Waals surface area contributed by atoms with Crippen LogP contribution >= 0.6 is 0 Å². The number of ether oxygens (including phenoxy) is 2. The SMILES string of the molecule is C=CC/C(C(=O)OC)=C1\C(=O)OC(CC)(CC)C(CC)=C1CC. The van der Waals surface area contributed by atoms with Gasteiger partial charge in [-0.15, -0.1) is 6.58 Å². The maximum Gasteiger partial charge on any atom is 0.339 e. The van der Waals surface area contributed by atoms with E-state index in [1.807, 2.05) is 20.8 Å². The molecule has 4 heteroatoms. The van der Waals surface area contributed by atoms with Gasteiger partial charge < -0.3 is 9.47 Å². The number of methoxy groups -OCH3 is 1. The number of allylic oxidation sites excluding steroid dienone is 1. The van der Waals surface area contributed by atoms with Crippen molar-refractivity contribution in [2.24, 2.45) is 0 Å². The van der Waals surface area contributed by atoms with Crippen LogP contribution in [0.4, 0.5) is 0 Å². The van der Waals surface area contributed by atoms with Crippen LogP contribution in [0.15, 0.2) is 34.9 Å². The van der Waals surface area contributed by atoms with Crippen LogP contribution in [-0.4, -0.2) is 24.6 Å². The first-order valence-corrected chi connectivity index (χ1v) is 8.34. The number of esters is 2. The van der Waals surface area contributed by atoms with Crippen molar-refractivity contribution in [1.29, 1.82) is 0 Å². The molecule has 0 atom stereocenters. The normalized spacial score (nSPS) is 19.3. The highest BCUT2D eigenvalue weighted by molar-refractivity contribution is 6.05. The molecule has 0 N–H and O–H groups in total. The van der Waals surface area contributed by atoms with E-state index in [4.69, 9.17) is 9.47 Å². The number of carbonyl (C=O) groups excluding carboxylic acids is 2. The monoisotopic (exact) mass is 320 g/mol. The second kappa shape index (κ2) is 8.14. The second-order valence-corrected chi connectivity index (χ2v) is 5.59. The van der Waals surface area contributed by atoms with Gasteiger partial charge in [0.05, 0.1) is 18.3 Å². The van der Waals surface area contributed by atoms with Gasteiger partial charge >= 0.3 is 11.9 Å². The van der Waals surface area contributed by atoms with Gasteiger partial charge in [-0.1, -0.05) is 33.8 Å². The Kier molecular flexibility index (Phi) is 6.79. The minimum absolute atomic E-state index is 0.281. The fraction of sp³-hybridized carbons (Fsp3) is 0.579. The average Bonchev–Trinajstić information content (AvgIpc) is 2.58. The van der Waals surface area contributed by atoms with E-state index in [-0.39, 0.29) is 6.42 Å². The van der Waals surface area contributed by atoms with E-state index < -0.39 is 17.5 Å². The highest BCUT2D eigenvalue weighted by Crippen LogP contribution is 2.43. The molecule has 0 radical (unpaired) electrons. The third-order valence-corrected chi connectivity index (χ3v) is 4.64. The largest absolute Gasteiger partial charge is 0.466 e. The van der Waals surface area contributed by atoms with E-state index in [1.54, 1.807) is 6.08 Å². The molecule has 1 heterocycles. The van der Waals surface area contributed by atoms with Gasteiger partial charge in [0.2, 0.25) is 0 Å². The predicted octanol–water partition coefficient (Wildman–Crippen LogP) is 4.26. The number of hydrogen-bond acceptors (Lipinski definition) is 4. The lowest BCUT2D eigenvalue weighted by molar-refractivity contribution is -0.154. The fourth-order valence-electron chi connectivity index (χ4n) is 3.45. The van der Waals surface area contributed by atoms with Gasteiger partial charge in [0.1, 0.15) is 5.60 Å². The average molecular weight is 320 g/mol. The highest BCUT2D eigenvalue weighted by Gasteiger charge is 2.43.